The molecule has 198 valence electrons. The summed E-state index contributed by atoms with van der Waals surface area (Å²) in [5.74, 6) is 0.330. The SMILES string of the molecule is COc1nc(N(C)C)ncc1N1NC2=CN(c3cc(Cl)c[nH]c3=O)C(c3ccc(Cl)c(F)c3)C2=C1C(C)C. The number of nitrogens with one attached hydrogen (secondary N) is 2. The van der Waals surface area contributed by atoms with Crippen LogP contribution in [0, 0.1) is 11.7 Å². The molecule has 5 rings (SSSR count). The molecule has 2 aromatic heterocycles. The summed E-state index contributed by atoms with van der Waals surface area (Å²) in [5.41, 5.74) is 7.11. The maximum atomic E-state index is 14.7. The average Bonchev–Trinajstić information content (AvgIpc) is 3.42. The van der Waals surface area contributed by atoms with Crippen molar-refractivity contribution in [3.8, 4) is 5.88 Å². The van der Waals surface area contributed by atoms with E-state index in [0.29, 0.717) is 33.8 Å². The van der Waals surface area contributed by atoms with Crippen molar-refractivity contribution in [1.82, 2.24) is 20.4 Å². The van der Waals surface area contributed by atoms with Gasteiger partial charge in [0.2, 0.25) is 11.8 Å². The number of fused-ring (bicyclic) bond motifs is 1. The van der Waals surface area contributed by atoms with Gasteiger partial charge in [-0.1, -0.05) is 43.1 Å². The lowest BCUT2D eigenvalue weighted by atomic mass is 9.93. The summed E-state index contributed by atoms with van der Waals surface area (Å²) in [4.78, 5) is 28.1. The Labute approximate surface area is 229 Å². The van der Waals surface area contributed by atoms with Gasteiger partial charge in [-0.25, -0.2) is 9.37 Å². The van der Waals surface area contributed by atoms with Crippen LogP contribution in [-0.4, -0.2) is 36.2 Å². The highest BCUT2D eigenvalue weighted by Crippen LogP contribution is 2.49. The number of pyridine rings is 1. The topological polar surface area (TPSA) is 89.6 Å². The van der Waals surface area contributed by atoms with E-state index in [1.54, 1.807) is 35.2 Å². The average molecular weight is 558 g/mol. The molecule has 0 radical (unpaired) electrons. The van der Waals surface area contributed by atoms with Crippen molar-refractivity contribution in [1.29, 1.82) is 0 Å². The Kier molecular flexibility index (Phi) is 6.70. The predicted octanol–water partition coefficient (Wildman–Crippen LogP) is 5.02. The molecule has 1 aromatic carbocycles. The highest BCUT2D eigenvalue weighted by molar-refractivity contribution is 6.31. The summed E-state index contributed by atoms with van der Waals surface area (Å²) in [6, 6.07) is 5.68. The van der Waals surface area contributed by atoms with E-state index < -0.39 is 11.9 Å². The second-order valence-corrected chi connectivity index (χ2v) is 10.3. The molecule has 1 atom stereocenters. The Morgan fingerprint density at radius 3 is 2.61 bits per heavy atom. The van der Waals surface area contributed by atoms with Gasteiger partial charge in [0.25, 0.3) is 5.56 Å². The molecule has 0 saturated heterocycles. The van der Waals surface area contributed by atoms with Gasteiger partial charge in [-0.3, -0.25) is 15.2 Å². The number of hydrogen-bond donors (Lipinski definition) is 2. The molecule has 0 bridgehead atoms. The molecule has 2 aliphatic heterocycles. The highest BCUT2D eigenvalue weighted by Gasteiger charge is 2.43. The first-order chi connectivity index (χ1) is 18.1. The normalized spacial score (nSPS) is 16.7. The van der Waals surface area contributed by atoms with Gasteiger partial charge in [0.05, 0.1) is 40.8 Å². The Morgan fingerprint density at radius 1 is 1.18 bits per heavy atom. The molecule has 0 saturated carbocycles. The number of halogens is 3. The molecule has 0 amide bonds. The minimum atomic E-state index is -0.556. The van der Waals surface area contributed by atoms with E-state index in [9.17, 15) is 9.18 Å². The molecule has 0 spiro atoms. The minimum Gasteiger partial charge on any atom is -0.479 e. The Balaban J connectivity index is 1.72. The van der Waals surface area contributed by atoms with Crippen LogP contribution in [-0.2, 0) is 0 Å². The largest absolute Gasteiger partial charge is 0.479 e. The van der Waals surface area contributed by atoms with Crippen LogP contribution in [0.5, 0.6) is 5.88 Å². The summed E-state index contributed by atoms with van der Waals surface area (Å²) in [7, 11) is 5.25. The number of rotatable bonds is 6. The van der Waals surface area contributed by atoms with Gasteiger partial charge in [0.15, 0.2) is 0 Å². The molecule has 12 heteroatoms. The van der Waals surface area contributed by atoms with Crippen molar-refractivity contribution in [3.05, 3.63) is 91.6 Å². The number of anilines is 3. The highest BCUT2D eigenvalue weighted by atomic mass is 35.5. The number of benzene rings is 1. The van der Waals surface area contributed by atoms with Crippen LogP contribution in [0.2, 0.25) is 10.0 Å². The van der Waals surface area contributed by atoms with Crippen molar-refractivity contribution in [3.63, 3.8) is 0 Å². The second-order valence-electron chi connectivity index (χ2n) is 9.42. The zero-order valence-electron chi connectivity index (χ0n) is 21.4. The van der Waals surface area contributed by atoms with E-state index in [2.05, 4.69) is 34.2 Å². The fourth-order valence-electron chi connectivity index (χ4n) is 4.72. The van der Waals surface area contributed by atoms with E-state index in [4.69, 9.17) is 27.9 Å². The number of nitrogens with zero attached hydrogens (tertiary/aromatic N) is 5. The number of methoxy groups -OCH3 is 1. The van der Waals surface area contributed by atoms with Crippen LogP contribution in [0.3, 0.4) is 0 Å². The van der Waals surface area contributed by atoms with Crippen molar-refractivity contribution in [2.24, 2.45) is 5.92 Å². The molecule has 3 aromatic rings. The van der Waals surface area contributed by atoms with E-state index in [1.165, 1.54) is 18.3 Å². The lowest BCUT2D eigenvalue weighted by Crippen LogP contribution is -2.34. The van der Waals surface area contributed by atoms with Gasteiger partial charge in [0, 0.05) is 32.1 Å². The summed E-state index contributed by atoms with van der Waals surface area (Å²) < 4.78 is 20.3. The number of ether oxygens (including phenoxy) is 1. The van der Waals surface area contributed by atoms with E-state index in [-0.39, 0.29) is 16.5 Å². The van der Waals surface area contributed by atoms with Crippen molar-refractivity contribution in [2.75, 3.05) is 36.0 Å². The van der Waals surface area contributed by atoms with Crippen molar-refractivity contribution >= 4 is 40.5 Å². The first-order valence-corrected chi connectivity index (χ1v) is 12.6. The first-order valence-electron chi connectivity index (χ1n) is 11.8. The second kappa shape index (κ2) is 9.85. The van der Waals surface area contributed by atoms with Gasteiger partial charge >= 0.3 is 0 Å². The fourth-order valence-corrected chi connectivity index (χ4v) is 5.00. The van der Waals surface area contributed by atoms with Crippen LogP contribution in [0.4, 0.5) is 21.7 Å². The molecule has 2 N–H and O–H groups in total. The van der Waals surface area contributed by atoms with Gasteiger partial charge in [-0.2, -0.15) is 4.98 Å². The summed E-state index contributed by atoms with van der Waals surface area (Å²) in [6.45, 7) is 4.10. The third kappa shape index (κ3) is 4.33. The molecule has 38 heavy (non-hydrogen) atoms. The third-order valence-electron chi connectivity index (χ3n) is 6.35. The zero-order valence-corrected chi connectivity index (χ0v) is 22.9. The predicted molar refractivity (Wildman–Crippen MR) is 147 cm³/mol. The van der Waals surface area contributed by atoms with E-state index in [0.717, 1.165) is 17.0 Å². The standard InChI is InChI=1S/C26H26Cl2FN7O2/c1-13(2)22-21-18(33-36(22)20-11-31-26(34(3)4)32-25(20)38-5)12-35(19-9-15(27)10-30-24(19)37)23(21)14-6-7-16(28)17(29)8-14/h6-13,23,33H,1-5H3,(H,30,37). The van der Waals surface area contributed by atoms with Crippen LogP contribution < -0.4 is 30.5 Å². The molecule has 2 aliphatic rings. The monoisotopic (exact) mass is 557 g/mol. The number of allylic oxidation sites excluding steroid dienone is 1. The number of hydrogen-bond acceptors (Lipinski definition) is 8. The number of aromatic amines is 1. The van der Waals surface area contributed by atoms with Crippen LogP contribution >= 0.6 is 23.2 Å². The lowest BCUT2D eigenvalue weighted by molar-refractivity contribution is 0.396. The van der Waals surface area contributed by atoms with Crippen LogP contribution in [0.15, 0.2) is 64.6 Å². The van der Waals surface area contributed by atoms with Gasteiger partial charge < -0.3 is 19.5 Å². The number of hydrazine groups is 1. The van der Waals surface area contributed by atoms with Gasteiger partial charge in [0.1, 0.15) is 17.2 Å². The van der Waals surface area contributed by atoms with Crippen LogP contribution in [0.25, 0.3) is 0 Å². The molecular formula is C26H26Cl2FN7O2. The molecular weight excluding hydrogens is 532 g/mol. The van der Waals surface area contributed by atoms with Crippen molar-refractivity contribution < 1.29 is 9.13 Å². The number of aromatic nitrogens is 3. The third-order valence-corrected chi connectivity index (χ3v) is 6.87. The lowest BCUT2D eigenvalue weighted by Gasteiger charge is -2.30. The smallest absolute Gasteiger partial charge is 0.271 e. The zero-order chi connectivity index (χ0) is 27.3. The fraction of sp³-hybridized carbons (Fsp3) is 0.269. The quantitative estimate of drug-likeness (QED) is 0.436. The molecule has 0 aliphatic carbocycles. The van der Waals surface area contributed by atoms with E-state index in [1.807, 2.05) is 25.3 Å². The maximum Gasteiger partial charge on any atom is 0.271 e. The maximum absolute atomic E-state index is 14.7. The molecule has 0 fully saturated rings. The molecule has 1 unspecified atom stereocenters. The van der Waals surface area contributed by atoms with Gasteiger partial charge in [-0.05, 0) is 29.7 Å². The Morgan fingerprint density at radius 2 is 1.95 bits per heavy atom. The van der Waals surface area contributed by atoms with E-state index >= 15 is 0 Å². The Hall–Kier alpha value is -3.76. The van der Waals surface area contributed by atoms with Crippen LogP contribution in [0.1, 0.15) is 25.5 Å². The minimum absolute atomic E-state index is 0.00104. The molecule has 4 heterocycles. The summed E-state index contributed by atoms with van der Waals surface area (Å²) in [6.07, 6.45) is 4.93. The van der Waals surface area contributed by atoms with Crippen molar-refractivity contribution in [2.45, 2.75) is 19.9 Å². The first kappa shape index (κ1) is 25.9. The number of H-pyrrole nitrogens is 1. The summed E-state index contributed by atoms with van der Waals surface area (Å²) >= 11 is 12.3. The van der Waals surface area contributed by atoms with Gasteiger partial charge in [-0.15, -0.1) is 0 Å². The molecule has 9 nitrogen and oxygen atoms in total. The summed E-state index contributed by atoms with van der Waals surface area (Å²) in [5, 5.41) is 2.26. The Bertz CT molecular complexity index is 1540.